The van der Waals surface area contributed by atoms with E-state index in [1.54, 1.807) is 13.0 Å². The number of nitrogens with one attached hydrogen (secondary N) is 2. The molecular weight excluding hydrogens is 435 g/mol. The molecule has 3 N–H and O–H groups in total. The molecule has 1 aromatic carbocycles. The summed E-state index contributed by atoms with van der Waals surface area (Å²) >= 11 is 0. The molecular formula is C25H31N4O3P. The van der Waals surface area contributed by atoms with Gasteiger partial charge in [0, 0.05) is 21.8 Å². The average Bonchev–Trinajstić information content (AvgIpc) is 3.08. The first kappa shape index (κ1) is 22.3. The summed E-state index contributed by atoms with van der Waals surface area (Å²) in [7, 11) is 2.89. The van der Waals surface area contributed by atoms with E-state index in [0.29, 0.717) is 47.7 Å². The monoisotopic (exact) mass is 466 g/mol. The van der Waals surface area contributed by atoms with Gasteiger partial charge in [-0.2, -0.15) is 0 Å². The van der Waals surface area contributed by atoms with Gasteiger partial charge in [-0.3, -0.25) is 4.79 Å². The van der Waals surface area contributed by atoms with Crippen molar-refractivity contribution in [2.45, 2.75) is 69.7 Å². The molecule has 3 atom stereocenters. The molecule has 1 saturated carbocycles. The van der Waals surface area contributed by atoms with Crippen LogP contribution in [0.15, 0.2) is 29.1 Å². The third-order valence-corrected chi connectivity index (χ3v) is 7.48. The topological polar surface area (TPSA) is 100 Å². The number of para-hydroxylation sites is 1. The van der Waals surface area contributed by atoms with Crippen molar-refractivity contribution < 1.29 is 9.84 Å². The Morgan fingerprint density at radius 3 is 2.73 bits per heavy atom. The average molecular weight is 467 g/mol. The summed E-state index contributed by atoms with van der Waals surface area (Å²) in [6, 6.07) is 7.92. The number of anilines is 1. The Morgan fingerprint density at radius 1 is 1.21 bits per heavy atom. The van der Waals surface area contributed by atoms with E-state index >= 15 is 0 Å². The fourth-order valence-corrected chi connectivity index (χ4v) is 5.46. The molecule has 0 saturated heterocycles. The molecule has 3 aromatic rings. The number of hydrogen-bond acceptors (Lipinski definition) is 6. The lowest BCUT2D eigenvalue weighted by Crippen LogP contribution is -2.35. The van der Waals surface area contributed by atoms with Gasteiger partial charge >= 0.3 is 0 Å². The summed E-state index contributed by atoms with van der Waals surface area (Å²) < 4.78 is 6.07. The summed E-state index contributed by atoms with van der Waals surface area (Å²) in [5, 5.41) is 15.4. The summed E-state index contributed by atoms with van der Waals surface area (Å²) in [6.45, 7) is 6.65. The van der Waals surface area contributed by atoms with Crippen molar-refractivity contribution in [3.8, 4) is 5.75 Å². The van der Waals surface area contributed by atoms with Crippen LogP contribution in [0.1, 0.15) is 74.5 Å². The van der Waals surface area contributed by atoms with Gasteiger partial charge in [0.15, 0.2) is 0 Å². The van der Waals surface area contributed by atoms with E-state index in [9.17, 15) is 9.90 Å². The normalized spacial score (nSPS) is 22.6. The zero-order valence-electron chi connectivity index (χ0n) is 19.4. The van der Waals surface area contributed by atoms with Crippen LogP contribution < -0.4 is 15.6 Å². The van der Waals surface area contributed by atoms with E-state index in [0.717, 1.165) is 30.6 Å². The number of pyridine rings is 1. The van der Waals surface area contributed by atoms with Gasteiger partial charge in [-0.15, -0.1) is 9.24 Å². The van der Waals surface area contributed by atoms with Crippen molar-refractivity contribution in [2.75, 3.05) is 11.9 Å². The zero-order chi connectivity index (χ0) is 23.4. The minimum absolute atomic E-state index is 0.0931. The van der Waals surface area contributed by atoms with E-state index < -0.39 is 5.60 Å². The maximum absolute atomic E-state index is 12.9. The van der Waals surface area contributed by atoms with E-state index in [-0.39, 0.29) is 16.8 Å². The largest absolute Gasteiger partial charge is 0.492 e. The van der Waals surface area contributed by atoms with Gasteiger partial charge < -0.3 is 20.1 Å². The molecule has 2 aromatic heterocycles. The second-order valence-electron chi connectivity index (χ2n) is 9.78. The smallest absolute Gasteiger partial charge is 0.255 e. The zero-order valence-corrected chi connectivity index (χ0v) is 20.5. The van der Waals surface area contributed by atoms with Crippen LogP contribution in [0.2, 0.25) is 0 Å². The molecule has 5 rings (SSSR count). The maximum atomic E-state index is 12.9. The van der Waals surface area contributed by atoms with Gasteiger partial charge in [-0.1, -0.05) is 37.5 Å². The highest BCUT2D eigenvalue weighted by Crippen LogP contribution is 2.46. The second-order valence-corrected chi connectivity index (χ2v) is 11.1. The minimum Gasteiger partial charge on any atom is -0.492 e. The molecule has 174 valence electrons. The predicted octanol–water partition coefficient (Wildman–Crippen LogP) is 4.43. The SMILES string of the molecule is Cc1nc(N[C@H](C)c2cccc3c2OCC3(C)P)c2cc(C3(O)CCCCC3)c(=O)[nH]c2n1. The van der Waals surface area contributed by atoms with Gasteiger partial charge in [-0.25, -0.2) is 9.97 Å². The molecule has 2 unspecified atom stereocenters. The van der Waals surface area contributed by atoms with Crippen LogP contribution >= 0.6 is 9.24 Å². The lowest BCUT2D eigenvalue weighted by Gasteiger charge is -2.31. The molecule has 3 heterocycles. The second kappa shape index (κ2) is 8.07. The number of aromatic amines is 1. The van der Waals surface area contributed by atoms with Gasteiger partial charge in [0.1, 0.15) is 29.6 Å². The molecule has 1 aliphatic heterocycles. The molecule has 1 fully saturated rings. The quantitative estimate of drug-likeness (QED) is 0.492. The number of fused-ring (bicyclic) bond motifs is 2. The fraction of sp³-hybridized carbons (Fsp3) is 0.480. The van der Waals surface area contributed by atoms with Crippen LogP contribution in [0.3, 0.4) is 0 Å². The first-order valence-corrected chi connectivity index (χ1v) is 12.2. The molecule has 0 amide bonds. The summed E-state index contributed by atoms with van der Waals surface area (Å²) in [4.78, 5) is 24.9. The van der Waals surface area contributed by atoms with Crippen molar-refractivity contribution in [3.63, 3.8) is 0 Å². The van der Waals surface area contributed by atoms with Gasteiger partial charge in [0.05, 0.1) is 17.0 Å². The van der Waals surface area contributed by atoms with Crippen LogP contribution in [0.25, 0.3) is 11.0 Å². The number of nitrogens with zero attached hydrogens (tertiary/aromatic N) is 2. The predicted molar refractivity (Wildman–Crippen MR) is 133 cm³/mol. The molecule has 33 heavy (non-hydrogen) atoms. The fourth-order valence-electron chi connectivity index (χ4n) is 5.15. The molecule has 1 aliphatic carbocycles. The Hall–Kier alpha value is -2.50. The standard InChI is InChI=1S/C25H31N4O3P/c1-14(16-8-7-9-18-20(16)32-13-24(18,3)33)26-21-17-12-19(25(31)10-5-4-6-11-25)23(30)29-22(17)28-15(2)27-21/h7-9,12,14,31H,4-6,10-11,13,33H2,1-3H3,(H2,26,27,28,29,30)/t14-,24?/m1/s1. The Bertz CT molecular complexity index is 1280. The van der Waals surface area contributed by atoms with E-state index in [4.69, 9.17) is 4.74 Å². The van der Waals surface area contributed by atoms with Gasteiger partial charge in [0.2, 0.25) is 0 Å². The number of hydrogen-bond donors (Lipinski definition) is 3. The lowest BCUT2D eigenvalue weighted by molar-refractivity contribution is -0.00176. The van der Waals surface area contributed by atoms with Crippen LogP contribution in [-0.2, 0) is 10.8 Å². The van der Waals surface area contributed by atoms with Gasteiger partial charge in [-0.05, 0) is 39.7 Å². The van der Waals surface area contributed by atoms with Crippen molar-refractivity contribution in [1.29, 1.82) is 0 Å². The molecule has 0 bridgehead atoms. The van der Waals surface area contributed by atoms with E-state index in [2.05, 4.69) is 61.6 Å². The van der Waals surface area contributed by atoms with Crippen LogP contribution in [0.4, 0.5) is 5.82 Å². The molecule has 0 spiro atoms. The van der Waals surface area contributed by atoms with Crippen LogP contribution in [0.5, 0.6) is 5.75 Å². The maximum Gasteiger partial charge on any atom is 0.255 e. The number of aliphatic hydroxyl groups is 1. The third-order valence-electron chi connectivity index (χ3n) is 7.00. The summed E-state index contributed by atoms with van der Waals surface area (Å²) in [5.74, 6) is 2.10. The lowest BCUT2D eigenvalue weighted by atomic mass is 9.80. The molecule has 7 nitrogen and oxygen atoms in total. The number of benzene rings is 1. The molecule has 8 heteroatoms. The molecule has 2 aliphatic rings. The number of aryl methyl sites for hydroxylation is 1. The van der Waals surface area contributed by atoms with Crippen molar-refractivity contribution in [3.05, 3.63) is 57.1 Å². The number of H-pyrrole nitrogens is 1. The first-order valence-electron chi connectivity index (χ1n) is 11.6. The third kappa shape index (κ3) is 3.91. The van der Waals surface area contributed by atoms with Crippen LogP contribution in [0, 0.1) is 6.92 Å². The molecule has 0 radical (unpaired) electrons. The highest BCUT2D eigenvalue weighted by Gasteiger charge is 2.35. The Kier molecular flexibility index (Phi) is 5.45. The van der Waals surface area contributed by atoms with Crippen molar-refractivity contribution in [1.82, 2.24) is 15.0 Å². The Labute approximate surface area is 195 Å². The Balaban J connectivity index is 1.57. The van der Waals surface area contributed by atoms with E-state index in [1.165, 1.54) is 5.56 Å². The number of ether oxygens (including phenoxy) is 1. The highest BCUT2D eigenvalue weighted by atomic mass is 31.0. The first-order chi connectivity index (χ1) is 15.7. The van der Waals surface area contributed by atoms with Gasteiger partial charge in [0.25, 0.3) is 5.56 Å². The highest BCUT2D eigenvalue weighted by molar-refractivity contribution is 7.18. The summed E-state index contributed by atoms with van der Waals surface area (Å²) in [6.07, 6.45) is 4.09. The van der Waals surface area contributed by atoms with Crippen molar-refractivity contribution >= 4 is 26.1 Å². The number of rotatable bonds is 4. The Morgan fingerprint density at radius 2 is 1.97 bits per heavy atom. The van der Waals surface area contributed by atoms with Crippen LogP contribution in [-0.4, -0.2) is 26.7 Å². The number of aromatic nitrogens is 3. The minimum atomic E-state index is -1.11. The van der Waals surface area contributed by atoms with Crippen molar-refractivity contribution in [2.24, 2.45) is 0 Å². The summed E-state index contributed by atoms with van der Waals surface area (Å²) in [5.41, 5.74) is 1.72. The van der Waals surface area contributed by atoms with E-state index in [1.807, 2.05) is 0 Å².